The van der Waals surface area contributed by atoms with E-state index in [2.05, 4.69) is 22.6 Å². The minimum atomic E-state index is -3.09. The van der Waals surface area contributed by atoms with Crippen molar-refractivity contribution >= 4 is 52.6 Å². The molecule has 1 unspecified atom stereocenters. The molecule has 0 amide bonds. The van der Waals surface area contributed by atoms with Crippen LogP contribution < -0.4 is 4.74 Å². The Kier molecular flexibility index (Phi) is 5.79. The second kappa shape index (κ2) is 7.07. The Labute approximate surface area is 156 Å². The second-order valence-corrected chi connectivity index (χ2v) is 9.89. The van der Waals surface area contributed by atoms with Crippen molar-refractivity contribution in [1.82, 2.24) is 0 Å². The van der Waals surface area contributed by atoms with Crippen molar-refractivity contribution in [3.8, 4) is 17.2 Å². The molecular formula is C15H15I2O4P. The van der Waals surface area contributed by atoms with Crippen LogP contribution in [0.25, 0.3) is 0 Å². The number of aromatic hydroxyl groups is 1. The summed E-state index contributed by atoms with van der Waals surface area (Å²) >= 11 is 4.20. The minimum absolute atomic E-state index is 0.154. The first-order valence-corrected chi connectivity index (χ1v) is 10.9. The average Bonchev–Trinajstić information content (AvgIpc) is 2.36. The summed E-state index contributed by atoms with van der Waals surface area (Å²) in [7, 11) is -3.09. The lowest BCUT2D eigenvalue weighted by atomic mass is 10.1. The molecule has 1 atom stereocenters. The van der Waals surface area contributed by atoms with Crippen LogP contribution in [0.3, 0.4) is 0 Å². The summed E-state index contributed by atoms with van der Waals surface area (Å²) in [5.41, 5.74) is 1.72. The van der Waals surface area contributed by atoms with Gasteiger partial charge in [-0.3, -0.25) is 4.57 Å². The highest BCUT2D eigenvalue weighted by atomic mass is 127. The van der Waals surface area contributed by atoms with Crippen LogP contribution in [0, 0.1) is 14.1 Å². The maximum Gasteiger partial charge on any atom is 0.201 e. The van der Waals surface area contributed by atoms with Crippen molar-refractivity contribution in [3.05, 3.63) is 48.6 Å². The van der Waals surface area contributed by atoms with Crippen LogP contribution in [0.4, 0.5) is 0 Å². The van der Waals surface area contributed by atoms with Gasteiger partial charge in [-0.1, -0.05) is 6.07 Å². The van der Waals surface area contributed by atoms with E-state index in [9.17, 15) is 14.6 Å². The van der Waals surface area contributed by atoms with Crippen LogP contribution >= 0.6 is 52.6 Å². The normalized spacial score (nSPS) is 13.7. The van der Waals surface area contributed by atoms with Gasteiger partial charge in [0.15, 0.2) is 0 Å². The number of hydrogen-bond acceptors (Lipinski definition) is 3. The van der Waals surface area contributed by atoms with Crippen LogP contribution in [-0.2, 0) is 10.7 Å². The Morgan fingerprint density at radius 3 is 2.41 bits per heavy atom. The molecule has 0 spiro atoms. The summed E-state index contributed by atoms with van der Waals surface area (Å²) in [6.07, 6.45) is 0.154. The van der Waals surface area contributed by atoms with Crippen LogP contribution in [0.5, 0.6) is 17.2 Å². The topological polar surface area (TPSA) is 66.8 Å². The van der Waals surface area contributed by atoms with Gasteiger partial charge >= 0.3 is 0 Å². The molecule has 0 bridgehead atoms. The summed E-state index contributed by atoms with van der Waals surface area (Å²) in [6, 6.07) is 8.78. The third kappa shape index (κ3) is 4.84. The molecule has 0 aromatic heterocycles. The number of phenols is 1. The summed E-state index contributed by atoms with van der Waals surface area (Å²) in [6.45, 7) is 3.27. The van der Waals surface area contributed by atoms with Gasteiger partial charge in [-0.15, -0.1) is 0 Å². The molecule has 0 heterocycles. The number of hydrogen-bond donors (Lipinski definition) is 2. The zero-order chi connectivity index (χ0) is 16.5. The van der Waals surface area contributed by atoms with Gasteiger partial charge in [-0.2, -0.15) is 0 Å². The molecule has 2 rings (SSSR count). The fourth-order valence-electron chi connectivity index (χ4n) is 2.03. The molecule has 0 radical (unpaired) electrons. The van der Waals surface area contributed by atoms with E-state index < -0.39 is 7.37 Å². The van der Waals surface area contributed by atoms with Gasteiger partial charge in [-0.25, -0.2) is 0 Å². The predicted molar refractivity (Wildman–Crippen MR) is 104 cm³/mol. The fourth-order valence-corrected chi connectivity index (χ4v) is 4.31. The average molecular weight is 544 g/mol. The molecular weight excluding hydrogens is 529 g/mol. The summed E-state index contributed by atoms with van der Waals surface area (Å²) < 4.78 is 19.0. The summed E-state index contributed by atoms with van der Waals surface area (Å²) in [5.74, 6) is 1.57. The summed E-state index contributed by atoms with van der Waals surface area (Å²) in [5, 5.41) is 9.55. The number of ether oxygens (including phenoxy) is 1. The molecule has 0 fully saturated rings. The second-order valence-electron chi connectivity index (χ2n) is 5.15. The van der Waals surface area contributed by atoms with Crippen molar-refractivity contribution < 1.29 is 19.3 Å². The van der Waals surface area contributed by atoms with E-state index in [0.717, 1.165) is 20.4 Å². The van der Waals surface area contributed by atoms with Gasteiger partial charge in [0.1, 0.15) is 17.2 Å². The number of phenolic OH excluding ortho intramolecular Hbond substituents is 1. The smallest absolute Gasteiger partial charge is 0.201 e. The van der Waals surface area contributed by atoms with Crippen LogP contribution in [0.2, 0.25) is 0 Å². The number of halogens is 2. The van der Waals surface area contributed by atoms with Gasteiger partial charge in [0.05, 0.1) is 7.14 Å². The Bertz CT molecular complexity index is 732. The quantitative estimate of drug-likeness (QED) is 0.416. The zero-order valence-corrected chi connectivity index (χ0v) is 17.2. The molecule has 0 aliphatic heterocycles. The lowest BCUT2D eigenvalue weighted by Gasteiger charge is -2.14. The lowest BCUT2D eigenvalue weighted by Crippen LogP contribution is -1.95. The highest BCUT2D eigenvalue weighted by molar-refractivity contribution is 14.1. The molecule has 2 N–H and O–H groups in total. The first kappa shape index (κ1) is 18.0. The highest BCUT2D eigenvalue weighted by Gasteiger charge is 2.15. The van der Waals surface area contributed by atoms with Crippen LogP contribution in [-0.4, -0.2) is 16.7 Å². The van der Waals surface area contributed by atoms with Crippen LogP contribution in [0.1, 0.15) is 11.1 Å². The van der Waals surface area contributed by atoms with Gasteiger partial charge in [-0.05, 0) is 87.5 Å². The number of benzene rings is 2. The summed E-state index contributed by atoms with van der Waals surface area (Å²) in [4.78, 5) is 9.51. The molecule has 22 heavy (non-hydrogen) atoms. The van der Waals surface area contributed by atoms with E-state index in [4.69, 9.17) is 4.74 Å². The van der Waals surface area contributed by atoms with Crippen molar-refractivity contribution in [2.24, 2.45) is 0 Å². The van der Waals surface area contributed by atoms with Crippen molar-refractivity contribution in [2.75, 3.05) is 6.66 Å². The predicted octanol–water partition coefficient (Wildman–Crippen LogP) is 5.10. The maximum atomic E-state index is 11.5. The zero-order valence-electron chi connectivity index (χ0n) is 12.0. The van der Waals surface area contributed by atoms with Crippen molar-refractivity contribution in [3.63, 3.8) is 0 Å². The Morgan fingerprint density at radius 2 is 1.86 bits per heavy atom. The number of aryl methyl sites for hydroxylation is 1. The molecule has 2 aromatic carbocycles. The third-order valence-electron chi connectivity index (χ3n) is 2.90. The molecule has 118 valence electrons. The van der Waals surface area contributed by atoms with E-state index in [-0.39, 0.29) is 11.9 Å². The molecule has 0 aliphatic carbocycles. The third-order valence-corrected chi connectivity index (χ3v) is 5.52. The Morgan fingerprint density at radius 1 is 1.18 bits per heavy atom. The first-order chi connectivity index (χ1) is 10.2. The fraction of sp³-hybridized carbons (Fsp3) is 0.200. The molecule has 0 aliphatic rings. The van der Waals surface area contributed by atoms with E-state index in [1.807, 2.05) is 41.6 Å². The van der Waals surface area contributed by atoms with Gasteiger partial charge in [0.2, 0.25) is 7.37 Å². The monoisotopic (exact) mass is 544 g/mol. The highest BCUT2D eigenvalue weighted by Crippen LogP contribution is 2.41. The Hall–Kier alpha value is -0.310. The standard InChI is InChI=1S/C15H15I2O4P/c1-9-5-10(8-22(2,19)20)6-13(17)15(9)21-11-3-4-14(18)12(16)7-11/h3-7,18H,8H2,1-2H3,(H,19,20). The van der Waals surface area contributed by atoms with Crippen molar-refractivity contribution in [2.45, 2.75) is 13.1 Å². The first-order valence-electron chi connectivity index (χ1n) is 6.40. The van der Waals surface area contributed by atoms with Crippen LogP contribution in [0.15, 0.2) is 30.3 Å². The molecule has 2 aromatic rings. The number of rotatable bonds is 4. The van der Waals surface area contributed by atoms with Gasteiger partial charge < -0.3 is 14.7 Å². The largest absolute Gasteiger partial charge is 0.507 e. The van der Waals surface area contributed by atoms with E-state index in [0.29, 0.717) is 9.32 Å². The van der Waals surface area contributed by atoms with Crippen molar-refractivity contribution in [1.29, 1.82) is 0 Å². The van der Waals surface area contributed by atoms with E-state index >= 15 is 0 Å². The van der Waals surface area contributed by atoms with E-state index in [1.54, 1.807) is 18.2 Å². The maximum absolute atomic E-state index is 11.5. The van der Waals surface area contributed by atoms with E-state index in [1.165, 1.54) is 6.66 Å². The van der Waals surface area contributed by atoms with Gasteiger partial charge in [0, 0.05) is 12.8 Å². The molecule has 4 nitrogen and oxygen atoms in total. The molecule has 7 heteroatoms. The SMILES string of the molecule is Cc1cc(CP(C)(=O)O)cc(I)c1Oc1ccc(O)c(I)c1. The minimum Gasteiger partial charge on any atom is -0.507 e. The lowest BCUT2D eigenvalue weighted by molar-refractivity contribution is 0.458. The Balaban J connectivity index is 2.32. The van der Waals surface area contributed by atoms with Gasteiger partial charge in [0.25, 0.3) is 0 Å². The molecule has 0 saturated heterocycles. The molecule has 0 saturated carbocycles.